The Kier molecular flexibility index (Phi) is 17.2. The Balaban J connectivity index is 0.000000207. The van der Waals surface area contributed by atoms with E-state index in [1.165, 1.54) is 39.4 Å². The normalized spacial score (nSPS) is 26.2. The number of hydrogen-bond donors (Lipinski definition) is 12. The molecule has 63 heavy (non-hydrogen) atoms. The molecular weight excluding hydrogens is 921 g/mol. The molecule has 3 aliphatic heterocycles. The molecule has 30 nitrogen and oxygen atoms in total. The van der Waals surface area contributed by atoms with E-state index in [1.54, 1.807) is 0 Å². The highest BCUT2D eigenvalue weighted by Crippen LogP contribution is 2.40. The highest BCUT2D eigenvalue weighted by molar-refractivity contribution is 7.46. The summed E-state index contributed by atoms with van der Waals surface area (Å²) >= 11 is 0. The van der Waals surface area contributed by atoms with Gasteiger partial charge >= 0.3 is 40.5 Å². The number of hydrogen-bond acceptors (Lipinski definition) is 18. The molecule has 0 aliphatic carbocycles. The van der Waals surface area contributed by atoms with Crippen LogP contribution >= 0.6 is 23.5 Å². The van der Waals surface area contributed by atoms with Crippen molar-refractivity contribution in [2.75, 3.05) is 19.8 Å². The zero-order valence-corrected chi connectivity index (χ0v) is 35.7. The maximum absolute atomic E-state index is 11.7. The second-order valence-corrected chi connectivity index (χ2v) is 17.8. The van der Waals surface area contributed by atoms with Gasteiger partial charge < -0.3 is 58.9 Å². The maximum atomic E-state index is 11.7. The van der Waals surface area contributed by atoms with E-state index >= 15 is 0 Å². The number of aliphatic hydroxyl groups excluding tert-OH is 3. The maximum Gasteiger partial charge on any atom is 0.469 e. The van der Waals surface area contributed by atoms with Gasteiger partial charge in [0.15, 0.2) is 0 Å². The second kappa shape index (κ2) is 21.0. The summed E-state index contributed by atoms with van der Waals surface area (Å²) < 4.78 is 64.1. The Morgan fingerprint density at radius 3 is 0.937 bits per heavy atom. The van der Waals surface area contributed by atoms with Crippen molar-refractivity contribution in [1.82, 2.24) is 28.7 Å². The van der Waals surface area contributed by atoms with Gasteiger partial charge in [-0.15, -0.1) is 0 Å². The summed E-state index contributed by atoms with van der Waals surface area (Å²) in [4.78, 5) is 127. The summed E-state index contributed by atoms with van der Waals surface area (Å²) in [6.45, 7) is 2.98. The molecule has 0 aromatic carbocycles. The predicted molar refractivity (Wildman–Crippen MR) is 206 cm³/mol. The summed E-state index contributed by atoms with van der Waals surface area (Å²) in [5, 5.41) is 29.4. The average Bonchev–Trinajstić information content (AvgIpc) is 3.84. The molecule has 9 atom stereocenters. The van der Waals surface area contributed by atoms with Crippen LogP contribution < -0.4 is 33.7 Å². The van der Waals surface area contributed by atoms with Crippen LogP contribution in [0.5, 0.6) is 0 Å². The standard InChI is InChI=1S/3C10H15N2O8P/c3*1-5-3-12(10(15)11-9(5)14)8-2-6(13)7(20-8)4-19-21(16,17)18/h3*3,6-8,13H,2,4H2,1H3,(H,11,14,15)(H2,16,17,18)/t3*6-,7+,8+/m000/s1. The molecule has 33 heteroatoms. The van der Waals surface area contributed by atoms with Crippen molar-refractivity contribution in [2.24, 2.45) is 0 Å². The molecule has 3 saturated heterocycles. The molecular formula is C30H45N6O24P3. The molecule has 3 aliphatic rings. The zero-order chi connectivity index (χ0) is 47.4. The van der Waals surface area contributed by atoms with E-state index in [9.17, 15) is 57.8 Å². The van der Waals surface area contributed by atoms with Crippen LogP contribution in [-0.2, 0) is 41.5 Å². The van der Waals surface area contributed by atoms with Crippen molar-refractivity contribution in [3.05, 3.63) is 97.8 Å². The molecule has 12 N–H and O–H groups in total. The molecule has 6 rings (SSSR count). The van der Waals surface area contributed by atoms with Crippen LogP contribution in [0.4, 0.5) is 0 Å². The quantitative estimate of drug-likeness (QED) is 0.0766. The number of nitrogens with zero attached hydrogens (tertiary/aromatic N) is 3. The van der Waals surface area contributed by atoms with Crippen molar-refractivity contribution >= 4 is 23.5 Å². The van der Waals surface area contributed by atoms with Crippen molar-refractivity contribution in [2.45, 2.75) is 95.3 Å². The Morgan fingerprint density at radius 1 is 0.508 bits per heavy atom. The molecule has 0 unspecified atom stereocenters. The largest absolute Gasteiger partial charge is 0.469 e. The number of H-pyrrole nitrogens is 3. The molecule has 354 valence electrons. The van der Waals surface area contributed by atoms with E-state index in [4.69, 9.17) is 43.6 Å². The lowest BCUT2D eigenvalue weighted by Crippen LogP contribution is -2.33. The second-order valence-electron chi connectivity index (χ2n) is 14.1. The number of aliphatic hydroxyl groups is 3. The SMILES string of the molecule is Cc1cn([C@H]2C[C@H](O)[C@@H](COP(=O)(O)O)O2)c(=O)[nH]c1=O.Cc1cn([C@H]2C[C@H](O)[C@@H](COP(=O)(O)O)O2)c(=O)[nH]c1=O.Cc1cn([C@H]2C[C@H](O)[C@@H](COP(=O)(O)O)O2)c(=O)[nH]c1=O. The first-order chi connectivity index (χ1) is 29.0. The fraction of sp³-hybridized carbons (Fsp3) is 0.600. The first-order valence-corrected chi connectivity index (χ1v) is 22.7. The number of phosphoric acid groups is 3. The smallest absolute Gasteiger partial charge is 0.390 e. The minimum Gasteiger partial charge on any atom is -0.390 e. The van der Waals surface area contributed by atoms with Crippen LogP contribution in [-0.4, -0.2) is 130 Å². The van der Waals surface area contributed by atoms with Crippen molar-refractivity contribution < 1.29 is 86.2 Å². The summed E-state index contributed by atoms with van der Waals surface area (Å²) in [6.07, 6.45) is -4.70. The van der Waals surface area contributed by atoms with E-state index in [0.29, 0.717) is 16.7 Å². The third-order valence-corrected chi connectivity index (χ3v) is 10.7. The molecule has 0 bridgehead atoms. The fourth-order valence-electron chi connectivity index (χ4n) is 6.02. The van der Waals surface area contributed by atoms with Gasteiger partial charge in [-0.1, -0.05) is 0 Å². The first-order valence-electron chi connectivity index (χ1n) is 18.1. The van der Waals surface area contributed by atoms with Gasteiger partial charge in [0.1, 0.15) is 37.0 Å². The monoisotopic (exact) mass is 966 g/mol. The third kappa shape index (κ3) is 15.1. The van der Waals surface area contributed by atoms with Crippen LogP contribution in [0.2, 0.25) is 0 Å². The highest BCUT2D eigenvalue weighted by Gasteiger charge is 2.39. The third-order valence-electron chi connectivity index (χ3n) is 9.20. The van der Waals surface area contributed by atoms with E-state index in [2.05, 4.69) is 28.5 Å². The Labute approximate surface area is 351 Å². The van der Waals surface area contributed by atoms with Gasteiger partial charge in [0.2, 0.25) is 0 Å². The highest BCUT2D eigenvalue weighted by atomic mass is 31.2. The fourth-order valence-corrected chi connectivity index (χ4v) is 7.04. The molecule has 3 fully saturated rings. The van der Waals surface area contributed by atoms with Crippen LogP contribution in [0.15, 0.2) is 47.4 Å². The number of rotatable bonds is 12. The van der Waals surface area contributed by atoms with Crippen molar-refractivity contribution in [1.29, 1.82) is 0 Å². The molecule has 3 aromatic rings. The molecule has 0 radical (unpaired) electrons. The Hall–Kier alpha value is -3.87. The minimum absolute atomic E-state index is 0.0283. The van der Waals surface area contributed by atoms with Gasteiger partial charge in [0, 0.05) is 54.5 Å². The number of phosphoric ester groups is 3. The number of aryl methyl sites for hydroxylation is 3. The first kappa shape index (κ1) is 51.8. The lowest BCUT2D eigenvalue weighted by molar-refractivity contribution is -0.0451. The van der Waals surface area contributed by atoms with Crippen LogP contribution in [0, 0.1) is 20.8 Å². The zero-order valence-electron chi connectivity index (χ0n) is 33.0. The van der Waals surface area contributed by atoms with Gasteiger partial charge in [-0.3, -0.25) is 56.6 Å². The number of ether oxygens (including phenoxy) is 3. The van der Waals surface area contributed by atoms with Gasteiger partial charge in [-0.25, -0.2) is 28.1 Å². The van der Waals surface area contributed by atoms with Crippen LogP contribution in [0.25, 0.3) is 0 Å². The van der Waals surface area contributed by atoms with Crippen molar-refractivity contribution in [3.8, 4) is 0 Å². The molecule has 0 amide bonds. The summed E-state index contributed by atoms with van der Waals surface area (Å²) in [5.41, 5.74) is -2.76. The summed E-state index contributed by atoms with van der Waals surface area (Å²) in [6, 6.07) is 0. The Morgan fingerprint density at radius 2 is 0.730 bits per heavy atom. The number of nitrogens with one attached hydrogen (secondary N) is 3. The number of aromatic nitrogens is 6. The van der Waals surface area contributed by atoms with E-state index in [1.807, 2.05) is 0 Å². The molecule has 0 spiro atoms. The predicted octanol–water partition coefficient (Wildman–Crippen LogP) is -4.19. The van der Waals surface area contributed by atoms with Crippen molar-refractivity contribution in [3.63, 3.8) is 0 Å². The topological polar surface area (TPSA) is 453 Å². The molecule has 3 aromatic heterocycles. The Bertz CT molecular complexity index is 2310. The van der Waals surface area contributed by atoms with E-state index in [-0.39, 0.29) is 19.3 Å². The van der Waals surface area contributed by atoms with E-state index < -0.39 is 132 Å². The van der Waals surface area contributed by atoms with Crippen LogP contribution in [0.1, 0.15) is 54.6 Å². The van der Waals surface area contributed by atoms with Gasteiger partial charge in [0.25, 0.3) is 16.7 Å². The molecule has 6 heterocycles. The molecule has 0 saturated carbocycles. The van der Waals surface area contributed by atoms with Crippen LogP contribution in [0.3, 0.4) is 0 Å². The number of aromatic amines is 3. The van der Waals surface area contributed by atoms with Gasteiger partial charge in [-0.2, -0.15) is 0 Å². The lowest BCUT2D eigenvalue weighted by Gasteiger charge is -2.16. The average molecular weight is 967 g/mol. The minimum atomic E-state index is -4.67. The van der Waals surface area contributed by atoms with Gasteiger partial charge in [0.05, 0.1) is 38.1 Å². The summed E-state index contributed by atoms with van der Waals surface area (Å²) in [5.74, 6) is 0. The van der Waals surface area contributed by atoms with E-state index in [0.717, 1.165) is 13.7 Å². The lowest BCUT2D eigenvalue weighted by atomic mass is 10.2. The summed E-state index contributed by atoms with van der Waals surface area (Å²) in [7, 11) is -14.0. The van der Waals surface area contributed by atoms with Gasteiger partial charge in [-0.05, 0) is 20.8 Å².